The van der Waals surface area contributed by atoms with Crippen molar-refractivity contribution in [3.8, 4) is 0 Å². The number of ketones is 1. The van der Waals surface area contributed by atoms with Crippen molar-refractivity contribution < 1.29 is 9.59 Å². The van der Waals surface area contributed by atoms with Crippen LogP contribution in [0.3, 0.4) is 0 Å². The van der Waals surface area contributed by atoms with Crippen LogP contribution in [0.2, 0.25) is 0 Å². The zero-order valence-corrected chi connectivity index (χ0v) is 17.6. The molecule has 1 fully saturated rings. The molecule has 4 N–H and O–H groups in total. The van der Waals surface area contributed by atoms with Crippen molar-refractivity contribution in [1.29, 1.82) is 5.41 Å². The van der Waals surface area contributed by atoms with Gasteiger partial charge >= 0.3 is 0 Å². The van der Waals surface area contributed by atoms with Gasteiger partial charge in [-0.1, -0.05) is 36.8 Å². The molecular weight excluding hydrogens is 382 g/mol. The smallest absolute Gasteiger partial charge is 0.223 e. The molecule has 3 atom stereocenters. The third-order valence-electron chi connectivity index (χ3n) is 5.70. The number of hydrogen-bond acceptors (Lipinski definition) is 4. The minimum absolute atomic E-state index is 0.00136. The molecule has 1 heterocycles. The lowest BCUT2D eigenvalue weighted by molar-refractivity contribution is -0.130. The molecule has 0 aliphatic heterocycles. The predicted molar refractivity (Wildman–Crippen MR) is 117 cm³/mol. The van der Waals surface area contributed by atoms with Crippen molar-refractivity contribution in [3.05, 3.63) is 57.8 Å². The Kier molecular flexibility index (Phi) is 7.20. The molecule has 5 nitrogen and oxygen atoms in total. The molecule has 154 valence electrons. The number of rotatable bonds is 8. The molecule has 2 aromatic rings. The maximum atomic E-state index is 12.7. The van der Waals surface area contributed by atoms with Crippen LogP contribution in [-0.2, 0) is 16.0 Å². The Morgan fingerprint density at radius 1 is 1.21 bits per heavy atom. The fraction of sp³-hybridized carbons (Fsp3) is 0.435. The summed E-state index contributed by atoms with van der Waals surface area (Å²) in [5.74, 6) is 0.475. The van der Waals surface area contributed by atoms with Crippen LogP contribution in [0, 0.1) is 11.3 Å². The maximum absolute atomic E-state index is 12.7. The first-order valence-corrected chi connectivity index (χ1v) is 11.1. The highest BCUT2D eigenvalue weighted by molar-refractivity contribution is 7.14. The fourth-order valence-corrected chi connectivity index (χ4v) is 4.86. The molecule has 1 amide bonds. The number of thiophene rings is 1. The van der Waals surface area contributed by atoms with Crippen molar-refractivity contribution in [2.45, 2.75) is 57.4 Å². The van der Waals surface area contributed by atoms with Crippen molar-refractivity contribution in [2.75, 3.05) is 0 Å². The normalized spacial score (nSPS) is 20.0. The van der Waals surface area contributed by atoms with Crippen LogP contribution in [0.5, 0.6) is 0 Å². The van der Waals surface area contributed by atoms with Crippen molar-refractivity contribution in [2.24, 2.45) is 11.7 Å². The van der Waals surface area contributed by atoms with E-state index in [9.17, 15) is 9.59 Å². The molecule has 1 aliphatic rings. The third kappa shape index (κ3) is 5.76. The lowest BCUT2D eigenvalue weighted by atomic mass is 9.77. The number of aryl methyl sites for hydroxylation is 1. The Morgan fingerprint density at radius 2 is 1.97 bits per heavy atom. The highest BCUT2D eigenvalue weighted by atomic mass is 32.1. The summed E-state index contributed by atoms with van der Waals surface area (Å²) in [6.07, 6.45) is 4.87. The van der Waals surface area contributed by atoms with Gasteiger partial charge in [-0.15, -0.1) is 11.3 Å². The van der Waals surface area contributed by atoms with Crippen molar-refractivity contribution in [3.63, 3.8) is 0 Å². The monoisotopic (exact) mass is 411 g/mol. The third-order valence-corrected chi connectivity index (χ3v) is 6.88. The molecule has 29 heavy (non-hydrogen) atoms. The molecule has 1 saturated carbocycles. The zero-order valence-electron chi connectivity index (χ0n) is 16.8. The van der Waals surface area contributed by atoms with Crippen molar-refractivity contribution in [1.82, 2.24) is 5.32 Å². The number of Topliss-reactive ketones (excluding diaryl/α,β-unsaturated/α-hetero) is 1. The molecule has 0 radical (unpaired) electrons. The van der Waals surface area contributed by atoms with E-state index in [1.807, 2.05) is 30.3 Å². The van der Waals surface area contributed by atoms with Gasteiger partial charge in [0.15, 0.2) is 5.78 Å². The van der Waals surface area contributed by atoms with E-state index >= 15 is 0 Å². The summed E-state index contributed by atoms with van der Waals surface area (Å²) < 4.78 is 0. The van der Waals surface area contributed by atoms with Gasteiger partial charge in [0.1, 0.15) is 5.84 Å². The number of amides is 1. The summed E-state index contributed by atoms with van der Waals surface area (Å²) in [7, 11) is 0. The Balaban J connectivity index is 1.48. The van der Waals surface area contributed by atoms with Gasteiger partial charge in [-0.05, 0) is 56.2 Å². The van der Waals surface area contributed by atoms with Gasteiger partial charge in [-0.2, -0.15) is 0 Å². The molecule has 0 unspecified atom stereocenters. The molecule has 0 saturated heterocycles. The summed E-state index contributed by atoms with van der Waals surface area (Å²) in [5, 5.41) is 10.4. The number of benzene rings is 1. The average molecular weight is 412 g/mol. The summed E-state index contributed by atoms with van der Waals surface area (Å²) in [4.78, 5) is 27.0. The van der Waals surface area contributed by atoms with Gasteiger partial charge < -0.3 is 11.1 Å². The first-order valence-electron chi connectivity index (χ1n) is 10.2. The second-order valence-corrected chi connectivity index (χ2v) is 9.02. The van der Waals surface area contributed by atoms with E-state index < -0.39 is 6.04 Å². The summed E-state index contributed by atoms with van der Waals surface area (Å²) in [5.41, 5.74) is 6.78. The molecular formula is C23H29N3O2S. The summed E-state index contributed by atoms with van der Waals surface area (Å²) >= 11 is 1.44. The highest BCUT2D eigenvalue weighted by Gasteiger charge is 2.29. The molecule has 1 aromatic carbocycles. The zero-order chi connectivity index (χ0) is 20.8. The van der Waals surface area contributed by atoms with Gasteiger partial charge in [0.25, 0.3) is 0 Å². The molecule has 3 rings (SSSR count). The van der Waals surface area contributed by atoms with Gasteiger partial charge in [-0.3, -0.25) is 15.0 Å². The summed E-state index contributed by atoms with van der Waals surface area (Å²) in [6.45, 7) is 1.77. The SMILES string of the molecule is C[C@H](NC(=O)[C@@H]1CCC[C@H](c2ccccc2)C1)C(=O)CCc1ccc(C(=N)N)s1. The largest absolute Gasteiger partial charge is 0.383 e. The van der Waals surface area contributed by atoms with E-state index in [1.165, 1.54) is 16.9 Å². The highest BCUT2D eigenvalue weighted by Crippen LogP contribution is 2.36. The lowest BCUT2D eigenvalue weighted by Crippen LogP contribution is -2.42. The minimum Gasteiger partial charge on any atom is -0.383 e. The van der Waals surface area contributed by atoms with Crippen LogP contribution in [0.4, 0.5) is 0 Å². The molecule has 6 heteroatoms. The van der Waals surface area contributed by atoms with E-state index in [0.29, 0.717) is 18.8 Å². The van der Waals surface area contributed by atoms with Crippen LogP contribution in [0.25, 0.3) is 0 Å². The van der Waals surface area contributed by atoms with E-state index in [2.05, 4.69) is 17.4 Å². The first-order chi connectivity index (χ1) is 13.9. The van der Waals surface area contributed by atoms with E-state index in [0.717, 1.165) is 35.4 Å². The van der Waals surface area contributed by atoms with Crippen LogP contribution in [-0.4, -0.2) is 23.6 Å². The second kappa shape index (κ2) is 9.83. The van der Waals surface area contributed by atoms with Gasteiger partial charge in [0, 0.05) is 17.2 Å². The van der Waals surface area contributed by atoms with Crippen LogP contribution < -0.4 is 11.1 Å². The summed E-state index contributed by atoms with van der Waals surface area (Å²) in [6, 6.07) is 13.6. The molecule has 1 aromatic heterocycles. The van der Waals surface area contributed by atoms with Gasteiger partial charge in [0.05, 0.1) is 10.9 Å². The molecule has 1 aliphatic carbocycles. The fourth-order valence-electron chi connectivity index (χ4n) is 3.99. The minimum atomic E-state index is -0.480. The average Bonchev–Trinajstić information content (AvgIpc) is 3.22. The second-order valence-electron chi connectivity index (χ2n) is 7.85. The number of amidine groups is 1. The number of carbonyl (C=O) groups is 2. The van der Waals surface area contributed by atoms with Gasteiger partial charge in [-0.25, -0.2) is 0 Å². The van der Waals surface area contributed by atoms with Gasteiger partial charge in [0.2, 0.25) is 5.91 Å². The van der Waals surface area contributed by atoms with Crippen LogP contribution in [0.1, 0.15) is 60.3 Å². The molecule has 0 spiro atoms. The maximum Gasteiger partial charge on any atom is 0.223 e. The topological polar surface area (TPSA) is 96.0 Å². The number of nitrogens with two attached hydrogens (primary N) is 1. The number of hydrogen-bond donors (Lipinski definition) is 3. The van der Waals surface area contributed by atoms with E-state index in [1.54, 1.807) is 6.92 Å². The Bertz CT molecular complexity index is 862. The Labute approximate surface area is 176 Å². The van der Waals surface area contributed by atoms with E-state index in [4.69, 9.17) is 11.1 Å². The van der Waals surface area contributed by atoms with E-state index in [-0.39, 0.29) is 23.4 Å². The number of nitrogens with one attached hydrogen (secondary N) is 2. The number of nitrogen functional groups attached to an aromatic ring is 1. The number of carbonyl (C=O) groups excluding carboxylic acids is 2. The van der Waals surface area contributed by atoms with Crippen molar-refractivity contribution >= 4 is 28.9 Å². The van der Waals surface area contributed by atoms with Crippen LogP contribution >= 0.6 is 11.3 Å². The standard InChI is InChI=1S/C23H29N3O2S/c1-15(20(27)12-10-19-11-13-21(29-19)22(24)25)26-23(28)18-9-5-8-17(14-18)16-6-3-2-4-7-16/h2-4,6-7,11,13,15,17-18H,5,8-10,12,14H2,1H3,(H3,24,25)(H,26,28)/t15-,17-,18+/m0/s1. The Morgan fingerprint density at radius 3 is 2.66 bits per heavy atom. The quantitative estimate of drug-likeness (QED) is 0.452. The first kappa shape index (κ1) is 21.2. The Hall–Kier alpha value is -2.47. The molecule has 0 bridgehead atoms. The lowest BCUT2D eigenvalue weighted by Gasteiger charge is -2.29. The predicted octanol–water partition coefficient (Wildman–Crippen LogP) is 4.01. The van der Waals surface area contributed by atoms with Crippen LogP contribution in [0.15, 0.2) is 42.5 Å².